The Kier molecular flexibility index (Phi) is 4.15. The Bertz CT molecular complexity index is 606. The summed E-state index contributed by atoms with van der Waals surface area (Å²) in [6.07, 6.45) is 2.70. The van der Waals surface area contributed by atoms with E-state index in [-0.39, 0.29) is 0 Å². The number of hydrogen-bond acceptors (Lipinski definition) is 3. The molecule has 2 nitrogen and oxygen atoms in total. The van der Waals surface area contributed by atoms with E-state index in [1.54, 1.807) is 7.11 Å². The summed E-state index contributed by atoms with van der Waals surface area (Å²) in [6, 6.07) is 11.3. The fourth-order valence-corrected chi connectivity index (χ4v) is 4.14. The third-order valence-corrected chi connectivity index (χ3v) is 5.65. The summed E-state index contributed by atoms with van der Waals surface area (Å²) in [4.78, 5) is 2.73. The summed E-state index contributed by atoms with van der Waals surface area (Å²) in [5.74, 6) is 1.70. The van der Waals surface area contributed by atoms with Crippen LogP contribution in [0.2, 0.25) is 0 Å². The lowest BCUT2D eigenvalue weighted by molar-refractivity contribution is 0.412. The summed E-state index contributed by atoms with van der Waals surface area (Å²) < 4.78 is 6.37. The maximum absolute atomic E-state index is 5.38. The van der Waals surface area contributed by atoms with Gasteiger partial charge in [-0.05, 0) is 71.6 Å². The molecule has 1 fully saturated rings. The quantitative estimate of drug-likeness (QED) is 0.830. The summed E-state index contributed by atoms with van der Waals surface area (Å²) in [7, 11) is 3.76. The van der Waals surface area contributed by atoms with Crippen molar-refractivity contribution in [3.8, 4) is 16.2 Å². The molecule has 0 spiro atoms. The molecule has 4 heteroatoms. The van der Waals surface area contributed by atoms with Gasteiger partial charge in [0, 0.05) is 15.8 Å². The van der Waals surface area contributed by atoms with Crippen LogP contribution in [0.1, 0.15) is 23.8 Å². The summed E-state index contributed by atoms with van der Waals surface area (Å²) >= 11 is 5.38. The van der Waals surface area contributed by atoms with Gasteiger partial charge >= 0.3 is 0 Å². The van der Waals surface area contributed by atoms with Gasteiger partial charge in [-0.15, -0.1) is 11.3 Å². The molecule has 2 aromatic rings. The van der Waals surface area contributed by atoms with E-state index in [4.69, 9.17) is 4.74 Å². The maximum Gasteiger partial charge on any atom is 0.133 e. The Morgan fingerprint density at radius 2 is 2.10 bits per heavy atom. The van der Waals surface area contributed by atoms with Gasteiger partial charge in [-0.25, -0.2) is 0 Å². The van der Waals surface area contributed by atoms with E-state index in [0.717, 1.165) is 16.1 Å². The topological polar surface area (TPSA) is 21.3 Å². The van der Waals surface area contributed by atoms with Crippen LogP contribution >= 0.6 is 27.3 Å². The first kappa shape index (κ1) is 14.1. The molecule has 0 radical (unpaired) electrons. The smallest absolute Gasteiger partial charge is 0.133 e. The third kappa shape index (κ3) is 2.78. The van der Waals surface area contributed by atoms with Gasteiger partial charge in [-0.1, -0.05) is 6.07 Å². The number of halogens is 1. The summed E-state index contributed by atoms with van der Waals surface area (Å²) in [6.45, 7) is 0. The zero-order chi connectivity index (χ0) is 14.1. The SMILES string of the molecule is CNC(c1ccc(-c2ccc(Br)c(OC)c2)s1)C1CC1. The fraction of sp³-hybridized carbons (Fsp3) is 0.375. The minimum absolute atomic E-state index is 0.520. The largest absolute Gasteiger partial charge is 0.496 e. The standard InChI is InChI=1S/C16H18BrNOS/c1-18-16(10-3-4-10)15-8-7-14(20-15)11-5-6-12(17)13(9-11)19-2/h5-10,16,18H,3-4H2,1-2H3. The molecule has 0 saturated heterocycles. The number of rotatable bonds is 5. The van der Waals surface area contributed by atoms with Crippen molar-refractivity contribution in [2.45, 2.75) is 18.9 Å². The lowest BCUT2D eigenvalue weighted by Crippen LogP contribution is -2.16. The highest BCUT2D eigenvalue weighted by atomic mass is 79.9. The molecule has 3 rings (SSSR count). The molecule has 0 aliphatic heterocycles. The van der Waals surface area contributed by atoms with Crippen molar-refractivity contribution in [2.75, 3.05) is 14.2 Å². The van der Waals surface area contributed by atoms with Crippen LogP contribution in [0.15, 0.2) is 34.8 Å². The van der Waals surface area contributed by atoms with Crippen molar-refractivity contribution in [1.82, 2.24) is 5.32 Å². The maximum atomic E-state index is 5.38. The normalized spacial score (nSPS) is 16.1. The zero-order valence-electron chi connectivity index (χ0n) is 11.7. The molecule has 1 heterocycles. The molecular formula is C16H18BrNOS. The van der Waals surface area contributed by atoms with Crippen molar-refractivity contribution >= 4 is 27.3 Å². The molecule has 106 valence electrons. The van der Waals surface area contributed by atoms with Crippen molar-refractivity contribution in [3.05, 3.63) is 39.7 Å². The van der Waals surface area contributed by atoms with Crippen molar-refractivity contribution < 1.29 is 4.74 Å². The predicted molar refractivity (Wildman–Crippen MR) is 88.5 cm³/mol. The second-order valence-corrected chi connectivity index (χ2v) is 7.12. The Labute approximate surface area is 132 Å². The van der Waals surface area contributed by atoms with E-state index in [1.807, 2.05) is 17.4 Å². The predicted octanol–water partition coefficient (Wildman–Crippen LogP) is 4.86. The highest BCUT2D eigenvalue weighted by Gasteiger charge is 2.32. The average molecular weight is 352 g/mol. The number of thiophene rings is 1. The molecular weight excluding hydrogens is 334 g/mol. The van der Waals surface area contributed by atoms with Gasteiger partial charge in [-0.3, -0.25) is 0 Å². The molecule has 1 atom stereocenters. The van der Waals surface area contributed by atoms with E-state index in [9.17, 15) is 0 Å². The van der Waals surface area contributed by atoms with Gasteiger partial charge in [0.15, 0.2) is 0 Å². The van der Waals surface area contributed by atoms with E-state index >= 15 is 0 Å². The highest BCUT2D eigenvalue weighted by molar-refractivity contribution is 9.10. The van der Waals surface area contributed by atoms with Crippen molar-refractivity contribution in [3.63, 3.8) is 0 Å². The number of nitrogens with one attached hydrogen (secondary N) is 1. The van der Waals surface area contributed by atoms with Crippen LogP contribution in [0.3, 0.4) is 0 Å². The van der Waals surface area contributed by atoms with Gasteiger partial charge in [-0.2, -0.15) is 0 Å². The van der Waals surface area contributed by atoms with E-state index in [2.05, 4.69) is 52.6 Å². The van der Waals surface area contributed by atoms with Gasteiger partial charge in [0.25, 0.3) is 0 Å². The number of ether oxygens (including phenoxy) is 1. The van der Waals surface area contributed by atoms with Gasteiger partial charge in [0.2, 0.25) is 0 Å². The Balaban J connectivity index is 1.89. The highest BCUT2D eigenvalue weighted by Crippen LogP contribution is 2.44. The van der Waals surface area contributed by atoms with Crippen LogP contribution in [0.25, 0.3) is 10.4 Å². The molecule has 0 amide bonds. The first-order valence-electron chi connectivity index (χ1n) is 6.84. The second kappa shape index (κ2) is 5.88. The Morgan fingerprint density at radius 3 is 2.75 bits per heavy atom. The zero-order valence-corrected chi connectivity index (χ0v) is 14.1. The second-order valence-electron chi connectivity index (χ2n) is 5.16. The van der Waals surface area contributed by atoms with Gasteiger partial charge in [0.1, 0.15) is 5.75 Å². The molecule has 20 heavy (non-hydrogen) atoms. The first-order valence-corrected chi connectivity index (χ1v) is 8.44. The molecule has 1 aliphatic carbocycles. The molecule has 1 unspecified atom stereocenters. The molecule has 1 aromatic carbocycles. The summed E-state index contributed by atoms with van der Waals surface area (Å²) in [5, 5.41) is 3.45. The first-order chi connectivity index (χ1) is 9.72. The number of hydrogen-bond donors (Lipinski definition) is 1. The molecule has 1 N–H and O–H groups in total. The minimum Gasteiger partial charge on any atom is -0.496 e. The van der Waals surface area contributed by atoms with Gasteiger partial charge < -0.3 is 10.1 Å². The van der Waals surface area contributed by atoms with Gasteiger partial charge in [0.05, 0.1) is 11.6 Å². The van der Waals surface area contributed by atoms with Crippen LogP contribution in [0.4, 0.5) is 0 Å². The molecule has 0 bridgehead atoms. The van der Waals surface area contributed by atoms with E-state index < -0.39 is 0 Å². The van der Waals surface area contributed by atoms with Crippen molar-refractivity contribution in [2.24, 2.45) is 5.92 Å². The Hall–Kier alpha value is -0.840. The van der Waals surface area contributed by atoms with E-state index in [0.29, 0.717) is 6.04 Å². The fourth-order valence-electron chi connectivity index (χ4n) is 2.53. The molecule has 1 saturated carbocycles. The van der Waals surface area contributed by atoms with Crippen LogP contribution in [-0.2, 0) is 0 Å². The lowest BCUT2D eigenvalue weighted by Gasteiger charge is -2.12. The van der Waals surface area contributed by atoms with E-state index in [1.165, 1.54) is 28.2 Å². The average Bonchev–Trinajstić information content (AvgIpc) is 3.18. The lowest BCUT2D eigenvalue weighted by atomic mass is 10.1. The van der Waals surface area contributed by atoms with Crippen LogP contribution < -0.4 is 10.1 Å². The van der Waals surface area contributed by atoms with Crippen LogP contribution in [0, 0.1) is 5.92 Å². The van der Waals surface area contributed by atoms with Crippen LogP contribution in [-0.4, -0.2) is 14.2 Å². The molecule has 1 aromatic heterocycles. The minimum atomic E-state index is 0.520. The monoisotopic (exact) mass is 351 g/mol. The van der Waals surface area contributed by atoms with Crippen molar-refractivity contribution in [1.29, 1.82) is 0 Å². The Morgan fingerprint density at radius 1 is 1.30 bits per heavy atom. The molecule has 1 aliphatic rings. The van der Waals surface area contributed by atoms with Crippen LogP contribution in [0.5, 0.6) is 5.75 Å². The third-order valence-electron chi connectivity index (χ3n) is 3.77. The number of methoxy groups -OCH3 is 1. The number of benzene rings is 1. The summed E-state index contributed by atoms with van der Waals surface area (Å²) in [5.41, 5.74) is 1.21.